The fourth-order valence-corrected chi connectivity index (χ4v) is 1.90. The molecule has 0 heterocycles. The molecule has 0 rings (SSSR count). The number of rotatable bonds is 10. The second-order valence-corrected chi connectivity index (χ2v) is 5.72. The maximum absolute atomic E-state index is 12.0. The number of hydrogen-bond donors (Lipinski definition) is 6. The summed E-state index contributed by atoms with van der Waals surface area (Å²) in [5.74, 6) is -3.99. The lowest BCUT2D eigenvalue weighted by atomic mass is 10.0. The Bertz CT molecular complexity index is 457. The monoisotopic (exact) mass is 349 g/mol. The molecule has 0 saturated carbocycles. The zero-order valence-electron chi connectivity index (χ0n) is 13.0. The van der Waals surface area contributed by atoms with E-state index in [-0.39, 0.29) is 24.5 Å². The molecule has 0 aromatic carbocycles. The largest absolute Gasteiger partial charge is 0.480 e. The Morgan fingerprint density at radius 1 is 1.09 bits per heavy atom. The minimum Gasteiger partial charge on any atom is -0.480 e. The average molecular weight is 349 g/mol. The molecule has 0 aliphatic heterocycles. The summed E-state index contributed by atoms with van der Waals surface area (Å²) in [6.45, 7) is 3.28. The fraction of sp³-hybridized carbons (Fsp3) is 0.692. The highest BCUT2D eigenvalue weighted by atomic mass is 32.1. The number of carbonyl (C=O) groups excluding carboxylic acids is 2. The van der Waals surface area contributed by atoms with Gasteiger partial charge >= 0.3 is 11.9 Å². The molecule has 132 valence electrons. The van der Waals surface area contributed by atoms with E-state index in [1.165, 1.54) is 0 Å². The summed E-state index contributed by atoms with van der Waals surface area (Å²) in [5.41, 5.74) is 5.28. The molecule has 0 aromatic rings. The second kappa shape index (κ2) is 10.1. The topological polar surface area (TPSA) is 159 Å². The van der Waals surface area contributed by atoms with Crippen molar-refractivity contribution in [2.45, 2.75) is 44.8 Å². The molecule has 0 aromatic heterocycles. The van der Waals surface area contributed by atoms with E-state index in [4.69, 9.17) is 15.9 Å². The molecule has 0 saturated heterocycles. The van der Waals surface area contributed by atoms with Crippen molar-refractivity contribution < 1.29 is 29.4 Å². The highest BCUT2D eigenvalue weighted by Crippen LogP contribution is 2.03. The van der Waals surface area contributed by atoms with E-state index in [0.717, 1.165) is 0 Å². The zero-order chi connectivity index (χ0) is 18.2. The standard InChI is InChI=1S/C13H23N3O6S/c1-6(2)10(13(21)22)16-11(18)8(5-23)15-9(17)4-3-7(14)12(19)20/h6-8,10,23H,3-5,14H2,1-2H3,(H,15,17)(H,16,18)(H,19,20)(H,21,22)/t7-,8-,10-/m0/s1. The lowest BCUT2D eigenvalue weighted by molar-refractivity contribution is -0.143. The minimum absolute atomic E-state index is 0.0347. The van der Waals surface area contributed by atoms with Crippen molar-refractivity contribution in [3.05, 3.63) is 0 Å². The number of amides is 2. The average Bonchev–Trinajstić information content (AvgIpc) is 2.46. The summed E-state index contributed by atoms with van der Waals surface area (Å²) < 4.78 is 0. The van der Waals surface area contributed by atoms with Crippen LogP contribution in [0.25, 0.3) is 0 Å². The first kappa shape index (κ1) is 21.2. The maximum Gasteiger partial charge on any atom is 0.326 e. The molecule has 0 aliphatic carbocycles. The number of aliphatic carboxylic acids is 2. The molecule has 0 radical (unpaired) electrons. The molecule has 0 aliphatic rings. The van der Waals surface area contributed by atoms with Crippen LogP contribution in [0, 0.1) is 5.92 Å². The Balaban J connectivity index is 4.58. The maximum atomic E-state index is 12.0. The number of carbonyl (C=O) groups is 4. The van der Waals surface area contributed by atoms with Crippen LogP contribution in [0.5, 0.6) is 0 Å². The third-order valence-corrected chi connectivity index (χ3v) is 3.43. The van der Waals surface area contributed by atoms with Gasteiger partial charge in [-0.25, -0.2) is 4.79 Å². The zero-order valence-corrected chi connectivity index (χ0v) is 13.9. The van der Waals surface area contributed by atoms with E-state index in [1.54, 1.807) is 13.8 Å². The van der Waals surface area contributed by atoms with Crippen LogP contribution in [-0.2, 0) is 19.2 Å². The Kier molecular flexibility index (Phi) is 9.27. The van der Waals surface area contributed by atoms with Gasteiger partial charge in [-0.2, -0.15) is 12.6 Å². The van der Waals surface area contributed by atoms with Gasteiger partial charge in [0.2, 0.25) is 11.8 Å². The summed E-state index contributed by atoms with van der Waals surface area (Å²) in [6.07, 6.45) is -0.247. The van der Waals surface area contributed by atoms with Gasteiger partial charge in [0.15, 0.2) is 0 Å². The van der Waals surface area contributed by atoms with Crippen LogP contribution >= 0.6 is 12.6 Å². The minimum atomic E-state index is -1.22. The van der Waals surface area contributed by atoms with Crippen molar-refractivity contribution in [3.63, 3.8) is 0 Å². The van der Waals surface area contributed by atoms with Crippen molar-refractivity contribution >= 4 is 36.4 Å². The van der Waals surface area contributed by atoms with Crippen LogP contribution in [0.2, 0.25) is 0 Å². The lowest BCUT2D eigenvalue weighted by Crippen LogP contribution is -2.54. The van der Waals surface area contributed by atoms with Gasteiger partial charge in [-0.3, -0.25) is 14.4 Å². The van der Waals surface area contributed by atoms with Gasteiger partial charge in [-0.1, -0.05) is 13.8 Å². The highest BCUT2D eigenvalue weighted by Gasteiger charge is 2.27. The summed E-state index contributed by atoms with van der Waals surface area (Å²) in [7, 11) is 0. The van der Waals surface area contributed by atoms with Crippen molar-refractivity contribution in [2.75, 3.05) is 5.75 Å². The molecular formula is C13H23N3O6S. The van der Waals surface area contributed by atoms with Crippen molar-refractivity contribution in [3.8, 4) is 0 Å². The first-order valence-corrected chi connectivity index (χ1v) is 7.65. The van der Waals surface area contributed by atoms with Crippen molar-refractivity contribution in [1.29, 1.82) is 0 Å². The Labute approximate surface area is 139 Å². The molecule has 0 bridgehead atoms. The van der Waals surface area contributed by atoms with Crippen LogP contribution in [0.1, 0.15) is 26.7 Å². The van der Waals surface area contributed by atoms with E-state index in [2.05, 4.69) is 23.3 Å². The third kappa shape index (κ3) is 7.84. The SMILES string of the molecule is CC(C)[C@H](NC(=O)[C@H](CS)NC(=O)CC[C@H](N)C(=O)O)C(=O)O. The molecular weight excluding hydrogens is 326 g/mol. The number of hydrogen-bond acceptors (Lipinski definition) is 6. The van der Waals surface area contributed by atoms with Crippen LogP contribution in [-0.4, -0.2) is 57.8 Å². The van der Waals surface area contributed by atoms with E-state index in [1.807, 2.05) is 0 Å². The van der Waals surface area contributed by atoms with Crippen LogP contribution in [0.3, 0.4) is 0 Å². The van der Waals surface area contributed by atoms with E-state index in [0.29, 0.717) is 0 Å². The smallest absolute Gasteiger partial charge is 0.326 e. The second-order valence-electron chi connectivity index (χ2n) is 5.35. The van der Waals surface area contributed by atoms with Gasteiger partial charge in [0.25, 0.3) is 0 Å². The van der Waals surface area contributed by atoms with Gasteiger partial charge in [0.05, 0.1) is 0 Å². The van der Waals surface area contributed by atoms with Crippen LogP contribution in [0.4, 0.5) is 0 Å². The number of carboxylic acid groups (broad SMARTS) is 2. The Morgan fingerprint density at radius 3 is 2.04 bits per heavy atom. The molecule has 2 amide bonds. The Morgan fingerprint density at radius 2 is 1.65 bits per heavy atom. The summed E-state index contributed by atoms with van der Waals surface area (Å²) >= 11 is 3.96. The predicted octanol–water partition coefficient (Wildman–Crippen LogP) is -1.18. The van der Waals surface area contributed by atoms with Crippen molar-refractivity contribution in [2.24, 2.45) is 11.7 Å². The summed E-state index contributed by atoms with van der Waals surface area (Å²) in [4.78, 5) is 45.3. The van der Waals surface area contributed by atoms with Gasteiger partial charge in [-0.15, -0.1) is 0 Å². The van der Waals surface area contributed by atoms with Gasteiger partial charge in [-0.05, 0) is 12.3 Å². The molecule has 3 atom stereocenters. The summed E-state index contributed by atoms with van der Waals surface area (Å²) in [5, 5.41) is 22.4. The number of carboxylic acids is 2. The van der Waals surface area contributed by atoms with E-state index in [9.17, 15) is 19.2 Å². The quantitative estimate of drug-likeness (QED) is 0.271. The molecule has 10 heteroatoms. The number of nitrogens with two attached hydrogens (primary N) is 1. The first-order valence-electron chi connectivity index (χ1n) is 7.01. The van der Waals surface area contributed by atoms with Gasteiger partial charge < -0.3 is 26.6 Å². The van der Waals surface area contributed by atoms with Crippen LogP contribution < -0.4 is 16.4 Å². The number of nitrogens with one attached hydrogen (secondary N) is 2. The molecule has 23 heavy (non-hydrogen) atoms. The van der Waals surface area contributed by atoms with Crippen molar-refractivity contribution in [1.82, 2.24) is 10.6 Å². The molecule has 0 fully saturated rings. The third-order valence-electron chi connectivity index (χ3n) is 3.06. The molecule has 0 unspecified atom stereocenters. The predicted molar refractivity (Wildman–Crippen MR) is 85.0 cm³/mol. The van der Waals surface area contributed by atoms with Crippen LogP contribution in [0.15, 0.2) is 0 Å². The fourth-order valence-electron chi connectivity index (χ4n) is 1.64. The summed E-state index contributed by atoms with van der Waals surface area (Å²) in [6, 6.07) is -3.27. The molecule has 6 N–H and O–H groups in total. The highest BCUT2D eigenvalue weighted by molar-refractivity contribution is 7.80. The van der Waals surface area contributed by atoms with E-state index < -0.39 is 41.9 Å². The number of thiol groups is 1. The molecule has 9 nitrogen and oxygen atoms in total. The van der Waals surface area contributed by atoms with E-state index >= 15 is 0 Å². The van der Waals surface area contributed by atoms with Gasteiger partial charge in [0, 0.05) is 12.2 Å². The first-order chi connectivity index (χ1) is 10.6. The van der Waals surface area contributed by atoms with Gasteiger partial charge in [0.1, 0.15) is 18.1 Å². The Hall–Kier alpha value is -1.81. The molecule has 0 spiro atoms. The lowest BCUT2D eigenvalue weighted by Gasteiger charge is -2.22. The normalized spacial score (nSPS) is 14.7.